The Morgan fingerprint density at radius 2 is 1.19 bits per heavy atom. The Bertz CT molecular complexity index is 1990. The quantitative estimate of drug-likeness (QED) is 0.0974. The van der Waals surface area contributed by atoms with Gasteiger partial charge in [0.2, 0.25) is 5.91 Å². The van der Waals surface area contributed by atoms with E-state index in [-0.39, 0.29) is 11.6 Å². The molecular weight excluding hydrogens is 731 g/mol. The molecule has 57 heavy (non-hydrogen) atoms. The molecule has 0 aromatic heterocycles. The number of anilines is 1. The molecule has 5 aromatic carbocycles. The largest absolute Gasteiger partial charge is 0.465 e. The molecule has 0 spiro atoms. The zero-order valence-electron chi connectivity index (χ0n) is 33.9. The predicted molar refractivity (Wildman–Crippen MR) is 230 cm³/mol. The van der Waals surface area contributed by atoms with Crippen molar-refractivity contribution in [3.63, 3.8) is 0 Å². The van der Waals surface area contributed by atoms with E-state index in [9.17, 15) is 19.5 Å². The lowest BCUT2D eigenvalue weighted by Crippen LogP contribution is -2.67. The molecule has 3 amide bonds. The molecule has 0 unspecified atom stereocenters. The van der Waals surface area contributed by atoms with Crippen LogP contribution in [0.1, 0.15) is 64.2 Å². The van der Waals surface area contributed by atoms with Gasteiger partial charge < -0.3 is 24.9 Å². The molecule has 0 bridgehead atoms. The topological polar surface area (TPSA) is 117 Å². The number of carbonyl (C=O) groups is 3. The van der Waals surface area contributed by atoms with Gasteiger partial charge in [0.1, 0.15) is 11.6 Å². The number of rotatable bonds is 14. The molecule has 3 N–H and O–H groups in total. The highest BCUT2D eigenvalue weighted by Crippen LogP contribution is 2.37. The SMILES string of the molecule is CN(C(=O)O)[C@H](C(=O)Nc1cccc(C[C@@H](CO[Si](c2ccccc2)(c2ccccc2)C(C)(C)C)NC(=O)OC(C)(C)C)c1)C(c1ccccc1)c1ccccc1. The molecule has 10 heteroatoms. The molecule has 0 aliphatic heterocycles. The maximum atomic E-state index is 14.3. The first kappa shape index (κ1) is 42.4. The maximum absolute atomic E-state index is 14.3. The zero-order valence-corrected chi connectivity index (χ0v) is 34.9. The molecular formula is C47H55N3O6Si. The third-order valence-corrected chi connectivity index (χ3v) is 14.9. The van der Waals surface area contributed by atoms with Gasteiger partial charge in [-0.2, -0.15) is 0 Å². The summed E-state index contributed by atoms with van der Waals surface area (Å²) in [6, 6.07) is 45.3. The van der Waals surface area contributed by atoms with E-state index in [2.05, 4.69) is 55.7 Å². The van der Waals surface area contributed by atoms with Crippen LogP contribution in [0.5, 0.6) is 0 Å². The lowest BCUT2D eigenvalue weighted by molar-refractivity contribution is -0.120. The van der Waals surface area contributed by atoms with E-state index in [1.807, 2.05) is 136 Å². The van der Waals surface area contributed by atoms with Gasteiger partial charge in [0.15, 0.2) is 0 Å². The lowest BCUT2D eigenvalue weighted by Gasteiger charge is -2.43. The van der Waals surface area contributed by atoms with Crippen molar-refractivity contribution in [1.82, 2.24) is 10.2 Å². The third kappa shape index (κ3) is 10.8. The van der Waals surface area contributed by atoms with Crippen LogP contribution in [-0.4, -0.2) is 67.8 Å². The van der Waals surface area contributed by atoms with Crippen LogP contribution in [0.2, 0.25) is 5.04 Å². The molecule has 9 nitrogen and oxygen atoms in total. The molecule has 5 rings (SSSR count). The molecule has 0 aliphatic carbocycles. The van der Waals surface area contributed by atoms with E-state index in [1.54, 1.807) is 6.07 Å². The van der Waals surface area contributed by atoms with Gasteiger partial charge in [0.25, 0.3) is 8.32 Å². The summed E-state index contributed by atoms with van der Waals surface area (Å²) in [6.07, 6.45) is -1.43. The Labute approximate surface area is 338 Å². The zero-order chi connectivity index (χ0) is 41.2. The Morgan fingerprint density at radius 1 is 0.702 bits per heavy atom. The van der Waals surface area contributed by atoms with Gasteiger partial charge >= 0.3 is 12.2 Å². The second-order valence-electron chi connectivity index (χ2n) is 16.3. The number of nitrogens with one attached hydrogen (secondary N) is 2. The highest BCUT2D eigenvalue weighted by atomic mass is 28.4. The van der Waals surface area contributed by atoms with E-state index in [0.29, 0.717) is 12.1 Å². The van der Waals surface area contributed by atoms with Crippen LogP contribution in [0.15, 0.2) is 146 Å². The highest BCUT2D eigenvalue weighted by Gasteiger charge is 2.50. The fourth-order valence-corrected chi connectivity index (χ4v) is 12.0. The smallest absolute Gasteiger partial charge is 0.407 e. The van der Waals surface area contributed by atoms with E-state index in [0.717, 1.165) is 32.0 Å². The van der Waals surface area contributed by atoms with Crippen molar-refractivity contribution in [2.45, 2.75) is 76.6 Å². The Kier molecular flexibility index (Phi) is 13.8. The van der Waals surface area contributed by atoms with Crippen LogP contribution in [0.25, 0.3) is 0 Å². The van der Waals surface area contributed by atoms with Crippen LogP contribution in [0, 0.1) is 0 Å². The minimum absolute atomic E-state index is 0.185. The van der Waals surface area contributed by atoms with Crippen LogP contribution in [0.4, 0.5) is 15.3 Å². The second kappa shape index (κ2) is 18.5. The van der Waals surface area contributed by atoms with E-state index >= 15 is 0 Å². The summed E-state index contributed by atoms with van der Waals surface area (Å²) in [5.41, 5.74) is 2.22. The number of carboxylic acid groups (broad SMARTS) is 1. The van der Waals surface area contributed by atoms with Gasteiger partial charge in [-0.1, -0.05) is 154 Å². The monoisotopic (exact) mass is 785 g/mol. The standard InChI is InChI=1S/C47H55N3O6Si/c1-46(2,3)56-44(52)49-38(33-55-57(47(4,5)6,39-27-16-10-17-28-39)40-29-18-11-19-30-40)32-34-21-20-26-37(31-34)48-43(51)42(50(7)45(53)54)41(35-22-12-8-13-23-35)36-24-14-9-15-25-36/h8-31,38,41-42H,32-33H2,1-7H3,(H,48,51)(H,49,52)(H,53,54)/t38-,42-/m0/s1. The Morgan fingerprint density at radius 3 is 1.65 bits per heavy atom. The van der Waals surface area contributed by atoms with Crippen molar-refractivity contribution in [1.29, 1.82) is 0 Å². The first-order valence-corrected chi connectivity index (χ1v) is 21.2. The number of hydrogen-bond acceptors (Lipinski definition) is 5. The summed E-state index contributed by atoms with van der Waals surface area (Å²) in [7, 11) is -1.54. The van der Waals surface area contributed by atoms with Crippen molar-refractivity contribution in [2.75, 3.05) is 19.0 Å². The molecule has 0 aliphatic rings. The number of likely N-dealkylation sites (N-methyl/N-ethyl adjacent to an activating group) is 1. The van der Waals surface area contributed by atoms with Crippen molar-refractivity contribution < 1.29 is 28.7 Å². The fourth-order valence-electron chi connectivity index (χ4n) is 7.44. The molecule has 0 radical (unpaired) electrons. The number of hydrogen-bond donors (Lipinski definition) is 3. The van der Waals surface area contributed by atoms with Crippen LogP contribution in [0.3, 0.4) is 0 Å². The van der Waals surface area contributed by atoms with Crippen LogP contribution in [-0.2, 0) is 20.4 Å². The number of nitrogens with zero attached hydrogens (tertiary/aromatic N) is 1. The first-order chi connectivity index (χ1) is 27.1. The van der Waals surface area contributed by atoms with E-state index < -0.39 is 50.0 Å². The summed E-state index contributed by atoms with van der Waals surface area (Å²) in [5, 5.41) is 18.3. The summed E-state index contributed by atoms with van der Waals surface area (Å²) >= 11 is 0. The van der Waals surface area contributed by atoms with Gasteiger partial charge in [0, 0.05) is 18.7 Å². The fraction of sp³-hybridized carbons (Fsp3) is 0.298. The Balaban J connectivity index is 1.47. The average Bonchev–Trinajstić information content (AvgIpc) is 3.17. The minimum Gasteiger partial charge on any atom is -0.465 e. The highest BCUT2D eigenvalue weighted by molar-refractivity contribution is 6.99. The van der Waals surface area contributed by atoms with Crippen molar-refractivity contribution in [2.24, 2.45) is 0 Å². The molecule has 0 saturated carbocycles. The van der Waals surface area contributed by atoms with Gasteiger partial charge in [-0.15, -0.1) is 0 Å². The maximum Gasteiger partial charge on any atom is 0.407 e. The van der Waals surface area contributed by atoms with Crippen molar-refractivity contribution in [3.05, 3.63) is 162 Å². The third-order valence-electron chi connectivity index (χ3n) is 9.94. The normalized spacial score (nSPS) is 13.0. The Hall–Kier alpha value is -5.71. The number of amides is 3. The van der Waals surface area contributed by atoms with E-state index in [1.165, 1.54) is 7.05 Å². The predicted octanol–water partition coefficient (Wildman–Crippen LogP) is 8.45. The van der Waals surface area contributed by atoms with Crippen LogP contribution >= 0.6 is 0 Å². The summed E-state index contributed by atoms with van der Waals surface area (Å²) in [4.78, 5) is 41.2. The van der Waals surface area contributed by atoms with Gasteiger partial charge in [-0.3, -0.25) is 9.69 Å². The molecule has 0 saturated heterocycles. The summed E-state index contributed by atoms with van der Waals surface area (Å²) in [6.45, 7) is 12.3. The van der Waals surface area contributed by atoms with Crippen molar-refractivity contribution >= 4 is 42.5 Å². The number of ether oxygens (including phenoxy) is 1. The average molecular weight is 786 g/mol. The molecule has 5 aromatic rings. The van der Waals surface area contributed by atoms with Gasteiger partial charge in [0.05, 0.1) is 12.6 Å². The molecule has 2 atom stereocenters. The lowest BCUT2D eigenvalue weighted by atomic mass is 9.84. The first-order valence-electron chi connectivity index (χ1n) is 19.3. The molecule has 0 heterocycles. The molecule has 0 fully saturated rings. The van der Waals surface area contributed by atoms with Gasteiger partial charge in [-0.05, 0) is 71.4 Å². The number of alkyl carbamates (subject to hydrolysis) is 1. The second-order valence-corrected chi connectivity index (χ2v) is 20.7. The summed E-state index contributed by atoms with van der Waals surface area (Å²) in [5.74, 6) is -1.06. The minimum atomic E-state index is -2.96. The van der Waals surface area contributed by atoms with Crippen LogP contribution < -0.4 is 21.0 Å². The number of carbonyl (C=O) groups excluding carboxylic acids is 2. The van der Waals surface area contributed by atoms with E-state index in [4.69, 9.17) is 9.16 Å². The van der Waals surface area contributed by atoms with Gasteiger partial charge in [-0.25, -0.2) is 9.59 Å². The van der Waals surface area contributed by atoms with Crippen molar-refractivity contribution in [3.8, 4) is 0 Å². The summed E-state index contributed by atoms with van der Waals surface area (Å²) < 4.78 is 13.0. The molecule has 298 valence electrons. The number of benzene rings is 5.